The van der Waals surface area contributed by atoms with Gasteiger partial charge in [0.25, 0.3) is 0 Å². The second kappa shape index (κ2) is 323. The monoisotopic (exact) mass is 234 g/mol. The van der Waals surface area contributed by atoms with Gasteiger partial charge < -0.3 is 0 Å². The molecule has 0 amide bonds. The minimum Gasteiger partial charge on any atom is -0.124 e. The van der Waals surface area contributed by atoms with Crippen LogP contribution in [0.3, 0.4) is 0 Å². The van der Waals surface area contributed by atoms with Crippen molar-refractivity contribution < 1.29 is 0 Å². The molecule has 0 nitrogen and oxygen atoms in total. The van der Waals surface area contributed by atoms with Crippen LogP contribution in [0.4, 0.5) is 0 Å². The first-order valence-electron chi connectivity index (χ1n) is 4.00. The Bertz CT molecular complexity index is 214. The summed E-state index contributed by atoms with van der Waals surface area (Å²) in [6.07, 6.45) is 48.0. The van der Waals surface area contributed by atoms with Gasteiger partial charge in [-0.05, 0) is 0 Å². The Balaban J connectivity index is -0.0000000262. The first kappa shape index (κ1) is 36.5. The summed E-state index contributed by atoms with van der Waals surface area (Å²) < 4.78 is 0. The highest BCUT2D eigenvalue weighted by Gasteiger charge is 1.57. The van der Waals surface area contributed by atoms with E-state index in [9.17, 15) is 0 Å². The summed E-state index contributed by atoms with van der Waals surface area (Å²) in [4.78, 5) is 0. The first-order chi connectivity index (χ1) is 9.00. The van der Waals surface area contributed by atoms with Crippen LogP contribution in [0.15, 0.2) is 36.4 Å². The second-order valence-corrected chi connectivity index (χ2v) is 1.15. The molecule has 90 valence electrons. The van der Waals surface area contributed by atoms with Gasteiger partial charge in [0.1, 0.15) is 0 Å². The molecule has 0 N–H and O–H groups in total. The number of benzene rings is 1. The van der Waals surface area contributed by atoms with Gasteiger partial charge >= 0.3 is 0 Å². The minimum absolute atomic E-state index is 2.00. The Hall–Kier alpha value is -3.42. The van der Waals surface area contributed by atoms with E-state index in [1.54, 1.807) is 0 Å². The summed E-state index contributed by atoms with van der Waals surface area (Å²) in [5.41, 5.74) is 0. The van der Waals surface area contributed by atoms with Gasteiger partial charge in [-0.15, -0.1) is 77.1 Å². The molecular formula is C18H18. The summed E-state index contributed by atoms with van der Waals surface area (Å²) in [6, 6.07) is 12.0. The lowest BCUT2D eigenvalue weighted by Gasteiger charge is -1.69. The fourth-order valence-electron chi connectivity index (χ4n) is 0.385. The predicted octanol–water partition coefficient (Wildman–Crippen LogP) is 3.18. The third-order valence-electron chi connectivity index (χ3n) is 0.667. The molecule has 0 aliphatic heterocycles. The lowest BCUT2D eigenvalue weighted by Crippen LogP contribution is -1.47. The van der Waals surface area contributed by atoms with E-state index in [1.165, 1.54) is 0 Å². The minimum atomic E-state index is 2.00. The summed E-state index contributed by atoms with van der Waals surface area (Å²) in [5.74, 6) is 0. The molecule has 0 fully saturated rings. The van der Waals surface area contributed by atoms with E-state index in [0.29, 0.717) is 0 Å². The van der Waals surface area contributed by atoms with Gasteiger partial charge in [0.2, 0.25) is 0 Å². The average molecular weight is 234 g/mol. The van der Waals surface area contributed by atoms with Gasteiger partial charge in [-0.2, -0.15) is 0 Å². The number of hydrogen-bond donors (Lipinski definition) is 0. The van der Waals surface area contributed by atoms with E-state index in [1.807, 2.05) is 36.4 Å². The van der Waals surface area contributed by atoms with Crippen LogP contribution < -0.4 is 0 Å². The molecule has 0 bridgehead atoms. The van der Waals surface area contributed by atoms with Crippen molar-refractivity contribution in [3.63, 3.8) is 0 Å². The third-order valence-corrected chi connectivity index (χ3v) is 0.667. The zero-order valence-electron chi connectivity index (χ0n) is 10.4. The molecule has 0 atom stereocenters. The third kappa shape index (κ3) is 253. The van der Waals surface area contributed by atoms with Crippen LogP contribution >= 0.6 is 0 Å². The van der Waals surface area contributed by atoms with Crippen LogP contribution in [0.5, 0.6) is 0 Å². The maximum atomic E-state index is 4.00. The molecular weight excluding hydrogens is 216 g/mol. The molecule has 0 radical (unpaired) electrons. The fraction of sp³-hybridized carbons (Fsp3) is 0. The molecule has 0 spiro atoms. The summed E-state index contributed by atoms with van der Waals surface area (Å²) >= 11 is 0. The van der Waals surface area contributed by atoms with Crippen LogP contribution in [-0.2, 0) is 0 Å². The maximum Gasteiger partial charge on any atom is -0.0623 e. The lowest BCUT2D eigenvalue weighted by molar-refractivity contribution is 1.72. The topological polar surface area (TPSA) is 0 Å². The molecule has 1 aromatic rings. The number of terminal acetylenes is 6. The zero-order chi connectivity index (χ0) is 16.2. The van der Waals surface area contributed by atoms with Crippen LogP contribution in [0.2, 0.25) is 0 Å². The molecule has 0 saturated carbocycles. The van der Waals surface area contributed by atoms with Crippen LogP contribution in [-0.4, -0.2) is 0 Å². The zero-order valence-corrected chi connectivity index (χ0v) is 10.4. The van der Waals surface area contributed by atoms with Crippen molar-refractivity contribution in [2.45, 2.75) is 0 Å². The summed E-state index contributed by atoms with van der Waals surface area (Å²) in [7, 11) is 0. The molecule has 0 aliphatic carbocycles. The van der Waals surface area contributed by atoms with E-state index < -0.39 is 0 Å². The fourth-order valence-corrected chi connectivity index (χ4v) is 0.385. The van der Waals surface area contributed by atoms with Crippen molar-refractivity contribution in [3.05, 3.63) is 36.4 Å². The van der Waals surface area contributed by atoms with Crippen LogP contribution in [0, 0.1) is 77.1 Å². The highest BCUT2D eigenvalue weighted by atomic mass is 13.6. The highest BCUT2D eigenvalue weighted by Crippen LogP contribution is 1.79. The smallest absolute Gasteiger partial charge is 0.0623 e. The van der Waals surface area contributed by atoms with Gasteiger partial charge in [0.15, 0.2) is 0 Å². The Morgan fingerprint density at radius 3 is 0.333 bits per heavy atom. The average Bonchev–Trinajstić information content (AvgIpc) is 2.60. The molecule has 0 saturated heterocycles. The second-order valence-electron chi connectivity index (χ2n) is 1.15. The molecule has 1 aromatic carbocycles. The Morgan fingerprint density at radius 1 is 0.222 bits per heavy atom. The van der Waals surface area contributed by atoms with Crippen LogP contribution in [0.1, 0.15) is 0 Å². The van der Waals surface area contributed by atoms with Crippen molar-refractivity contribution >= 4 is 0 Å². The number of rotatable bonds is 0. The maximum absolute atomic E-state index is 4.00. The van der Waals surface area contributed by atoms with Gasteiger partial charge in [0, 0.05) is 0 Å². The van der Waals surface area contributed by atoms with Gasteiger partial charge in [-0.1, -0.05) is 36.4 Å². The summed E-state index contributed by atoms with van der Waals surface area (Å²) in [5, 5.41) is 0. The molecule has 1 rings (SSSR count). The van der Waals surface area contributed by atoms with E-state index in [-0.39, 0.29) is 0 Å². The molecule has 0 heterocycles. The Morgan fingerprint density at radius 2 is 0.278 bits per heavy atom. The number of hydrogen-bond acceptors (Lipinski definition) is 0. The van der Waals surface area contributed by atoms with Crippen molar-refractivity contribution in [1.82, 2.24) is 0 Å². The molecule has 0 aromatic heterocycles. The predicted molar refractivity (Wildman–Crippen MR) is 85.8 cm³/mol. The normalized spacial score (nSPS) is 3.33. The standard InChI is InChI=1S/C6H6.6C2H2/c1-2-4-6-5-3-1;6*1-2/h1-6H;6*1-2H. The van der Waals surface area contributed by atoms with Crippen molar-refractivity contribution in [3.8, 4) is 77.1 Å². The van der Waals surface area contributed by atoms with Crippen molar-refractivity contribution in [2.24, 2.45) is 0 Å². The largest absolute Gasteiger partial charge is 0.124 e. The van der Waals surface area contributed by atoms with E-state index in [0.717, 1.165) is 0 Å². The van der Waals surface area contributed by atoms with Crippen molar-refractivity contribution in [1.29, 1.82) is 0 Å². The molecule has 0 aliphatic rings. The van der Waals surface area contributed by atoms with Gasteiger partial charge in [-0.25, -0.2) is 0 Å². The van der Waals surface area contributed by atoms with E-state index in [2.05, 4.69) is 77.1 Å². The highest BCUT2D eigenvalue weighted by molar-refractivity contribution is 4.99. The Labute approximate surface area is 114 Å². The lowest BCUT2D eigenvalue weighted by atomic mass is 10.4. The van der Waals surface area contributed by atoms with E-state index >= 15 is 0 Å². The first-order valence-corrected chi connectivity index (χ1v) is 4.00. The molecule has 0 heteroatoms. The SMILES string of the molecule is C#C.C#C.C#C.C#C.C#C.C#C.c1ccccc1. The molecule has 18 heavy (non-hydrogen) atoms. The van der Waals surface area contributed by atoms with Gasteiger partial charge in [0.05, 0.1) is 0 Å². The van der Waals surface area contributed by atoms with E-state index in [4.69, 9.17) is 0 Å². The van der Waals surface area contributed by atoms with Crippen LogP contribution in [0.25, 0.3) is 0 Å². The summed E-state index contributed by atoms with van der Waals surface area (Å²) in [6.45, 7) is 0. The molecule has 0 unspecified atom stereocenters. The Kier molecular flexibility index (Phi) is 655. The quantitative estimate of drug-likeness (QED) is 0.605. The van der Waals surface area contributed by atoms with Crippen molar-refractivity contribution in [2.75, 3.05) is 0 Å². The van der Waals surface area contributed by atoms with Gasteiger partial charge in [-0.3, -0.25) is 0 Å².